The minimum absolute atomic E-state index is 0.217. The largest absolute Gasteiger partial charge is 0.483 e. The SMILES string of the molecule is CN(C(=S)Oc1cccc2c1OC(C)(C)C2)c1ccc(Cl)cc1. The highest BCUT2D eigenvalue weighted by molar-refractivity contribution is 7.80. The molecule has 120 valence electrons. The van der Waals surface area contributed by atoms with Crippen LogP contribution in [0, 0.1) is 0 Å². The summed E-state index contributed by atoms with van der Waals surface area (Å²) >= 11 is 11.3. The third-order valence-electron chi connectivity index (χ3n) is 3.74. The third kappa shape index (κ3) is 3.43. The van der Waals surface area contributed by atoms with Crippen LogP contribution in [0.3, 0.4) is 0 Å². The minimum Gasteiger partial charge on any atom is -0.483 e. The van der Waals surface area contributed by atoms with E-state index in [0.717, 1.165) is 23.4 Å². The monoisotopic (exact) mass is 347 g/mol. The van der Waals surface area contributed by atoms with Gasteiger partial charge < -0.3 is 14.4 Å². The van der Waals surface area contributed by atoms with Crippen molar-refractivity contribution in [2.75, 3.05) is 11.9 Å². The Kier molecular flexibility index (Phi) is 4.21. The first-order chi connectivity index (χ1) is 10.9. The number of hydrogen-bond acceptors (Lipinski definition) is 3. The Morgan fingerprint density at radius 3 is 2.61 bits per heavy atom. The van der Waals surface area contributed by atoms with E-state index in [1.54, 1.807) is 4.90 Å². The van der Waals surface area contributed by atoms with Crippen LogP contribution < -0.4 is 14.4 Å². The van der Waals surface area contributed by atoms with Gasteiger partial charge in [-0.05, 0) is 56.4 Å². The lowest BCUT2D eigenvalue weighted by molar-refractivity contribution is 0.135. The predicted octanol–water partition coefficient (Wildman–Crippen LogP) is 4.85. The molecule has 23 heavy (non-hydrogen) atoms. The summed E-state index contributed by atoms with van der Waals surface area (Å²) in [4.78, 5) is 1.80. The van der Waals surface area contributed by atoms with Crippen molar-refractivity contribution in [3.05, 3.63) is 53.1 Å². The Morgan fingerprint density at radius 1 is 1.22 bits per heavy atom. The Labute approximate surface area is 146 Å². The third-order valence-corrected chi connectivity index (χ3v) is 4.35. The standard InChI is InChI=1S/C18H18ClNO2S/c1-18(2)11-12-5-4-6-15(16(12)22-18)21-17(23)20(3)14-9-7-13(19)8-10-14/h4-10H,11H2,1-3H3. The number of fused-ring (bicyclic) bond motifs is 1. The lowest BCUT2D eigenvalue weighted by atomic mass is 10.0. The molecule has 0 fully saturated rings. The molecule has 0 saturated heterocycles. The van der Waals surface area contributed by atoms with E-state index in [4.69, 9.17) is 33.3 Å². The van der Waals surface area contributed by atoms with E-state index >= 15 is 0 Å². The van der Waals surface area contributed by atoms with Crippen LogP contribution in [0.15, 0.2) is 42.5 Å². The van der Waals surface area contributed by atoms with Crippen molar-refractivity contribution < 1.29 is 9.47 Å². The highest BCUT2D eigenvalue weighted by atomic mass is 35.5. The van der Waals surface area contributed by atoms with Gasteiger partial charge in [-0.2, -0.15) is 0 Å². The number of halogens is 1. The van der Waals surface area contributed by atoms with Gasteiger partial charge in [0.2, 0.25) is 0 Å². The first-order valence-corrected chi connectivity index (χ1v) is 8.16. The number of rotatable bonds is 2. The van der Waals surface area contributed by atoms with Gasteiger partial charge in [0.25, 0.3) is 5.17 Å². The average Bonchev–Trinajstić information content (AvgIpc) is 2.82. The van der Waals surface area contributed by atoms with E-state index in [9.17, 15) is 0 Å². The summed E-state index contributed by atoms with van der Waals surface area (Å²) in [6.45, 7) is 4.13. The lowest BCUT2D eigenvalue weighted by Gasteiger charge is -2.22. The second-order valence-corrected chi connectivity index (χ2v) is 6.97. The average molecular weight is 348 g/mol. The second-order valence-electron chi connectivity index (χ2n) is 6.19. The molecule has 1 heterocycles. The summed E-state index contributed by atoms with van der Waals surface area (Å²) in [5.41, 5.74) is 1.84. The van der Waals surface area contributed by atoms with Crippen LogP contribution in [0.5, 0.6) is 11.5 Å². The first kappa shape index (κ1) is 16.1. The molecule has 3 nitrogen and oxygen atoms in total. The van der Waals surface area contributed by atoms with Crippen molar-refractivity contribution >= 4 is 34.7 Å². The number of nitrogens with zero attached hydrogens (tertiary/aromatic N) is 1. The van der Waals surface area contributed by atoms with Gasteiger partial charge in [0.15, 0.2) is 11.5 Å². The van der Waals surface area contributed by atoms with Gasteiger partial charge in [0, 0.05) is 29.7 Å². The molecule has 0 bridgehead atoms. The zero-order valence-electron chi connectivity index (χ0n) is 13.3. The van der Waals surface area contributed by atoms with Gasteiger partial charge in [-0.3, -0.25) is 0 Å². The molecular weight excluding hydrogens is 330 g/mol. The van der Waals surface area contributed by atoms with Crippen LogP contribution in [0.2, 0.25) is 5.02 Å². The number of para-hydroxylation sites is 1. The summed E-state index contributed by atoms with van der Waals surface area (Å²) in [6.07, 6.45) is 0.860. The molecular formula is C18H18ClNO2S. The number of thiocarbonyl (C=S) groups is 1. The van der Waals surface area contributed by atoms with E-state index in [1.807, 2.05) is 43.4 Å². The maximum Gasteiger partial charge on any atom is 0.269 e. The van der Waals surface area contributed by atoms with Crippen molar-refractivity contribution in [2.45, 2.75) is 25.9 Å². The van der Waals surface area contributed by atoms with Crippen LogP contribution in [0.1, 0.15) is 19.4 Å². The molecule has 2 aromatic carbocycles. The fraction of sp³-hybridized carbons (Fsp3) is 0.278. The molecule has 1 aliphatic rings. The molecule has 0 aliphatic carbocycles. The molecule has 5 heteroatoms. The van der Waals surface area contributed by atoms with Crippen molar-refractivity contribution in [3.63, 3.8) is 0 Å². The van der Waals surface area contributed by atoms with Crippen LogP contribution in [-0.2, 0) is 6.42 Å². The fourth-order valence-electron chi connectivity index (χ4n) is 2.60. The normalized spacial score (nSPS) is 14.8. The Hall–Kier alpha value is -1.78. The van der Waals surface area contributed by atoms with E-state index in [0.29, 0.717) is 15.9 Å². The number of benzene rings is 2. The zero-order chi connectivity index (χ0) is 16.6. The number of anilines is 1. The van der Waals surface area contributed by atoms with E-state index < -0.39 is 0 Å². The number of ether oxygens (including phenoxy) is 2. The van der Waals surface area contributed by atoms with Crippen LogP contribution in [-0.4, -0.2) is 17.8 Å². The van der Waals surface area contributed by atoms with Crippen LogP contribution in [0.25, 0.3) is 0 Å². The second kappa shape index (κ2) is 6.02. The summed E-state index contributed by atoms with van der Waals surface area (Å²) in [6, 6.07) is 13.3. The summed E-state index contributed by atoms with van der Waals surface area (Å²) < 4.78 is 11.9. The number of hydrogen-bond donors (Lipinski definition) is 0. The Balaban J connectivity index is 1.79. The van der Waals surface area contributed by atoms with E-state index in [2.05, 4.69) is 19.9 Å². The fourth-order valence-corrected chi connectivity index (χ4v) is 2.92. The summed E-state index contributed by atoms with van der Waals surface area (Å²) in [5, 5.41) is 1.04. The molecule has 0 amide bonds. The van der Waals surface area contributed by atoms with Crippen molar-refractivity contribution in [2.24, 2.45) is 0 Å². The van der Waals surface area contributed by atoms with Crippen molar-refractivity contribution in [1.82, 2.24) is 0 Å². The van der Waals surface area contributed by atoms with Gasteiger partial charge in [-0.1, -0.05) is 23.7 Å². The van der Waals surface area contributed by atoms with Gasteiger partial charge in [-0.15, -0.1) is 0 Å². The Morgan fingerprint density at radius 2 is 1.91 bits per heavy atom. The first-order valence-electron chi connectivity index (χ1n) is 7.38. The molecule has 0 spiro atoms. The van der Waals surface area contributed by atoms with Gasteiger partial charge in [0.1, 0.15) is 5.60 Å². The van der Waals surface area contributed by atoms with E-state index in [-0.39, 0.29) is 5.60 Å². The zero-order valence-corrected chi connectivity index (χ0v) is 14.9. The topological polar surface area (TPSA) is 21.7 Å². The van der Waals surface area contributed by atoms with Crippen molar-refractivity contribution in [1.29, 1.82) is 0 Å². The quantitative estimate of drug-likeness (QED) is 0.723. The smallest absolute Gasteiger partial charge is 0.269 e. The van der Waals surface area contributed by atoms with Gasteiger partial charge >= 0.3 is 0 Å². The summed E-state index contributed by atoms with van der Waals surface area (Å²) in [5.74, 6) is 1.43. The molecule has 0 atom stereocenters. The predicted molar refractivity (Wildman–Crippen MR) is 97.9 cm³/mol. The summed E-state index contributed by atoms with van der Waals surface area (Å²) in [7, 11) is 1.86. The van der Waals surface area contributed by atoms with Crippen LogP contribution >= 0.6 is 23.8 Å². The highest BCUT2D eigenvalue weighted by Gasteiger charge is 2.32. The molecule has 0 radical (unpaired) electrons. The van der Waals surface area contributed by atoms with Crippen molar-refractivity contribution in [3.8, 4) is 11.5 Å². The highest BCUT2D eigenvalue weighted by Crippen LogP contribution is 2.42. The maximum atomic E-state index is 6.01. The van der Waals surface area contributed by atoms with Gasteiger partial charge in [-0.25, -0.2) is 0 Å². The van der Waals surface area contributed by atoms with Gasteiger partial charge in [0.05, 0.1) is 0 Å². The molecule has 2 aromatic rings. The van der Waals surface area contributed by atoms with E-state index in [1.165, 1.54) is 0 Å². The molecule has 0 N–H and O–H groups in total. The maximum absolute atomic E-state index is 6.01. The van der Waals surface area contributed by atoms with Crippen LogP contribution in [0.4, 0.5) is 5.69 Å². The lowest BCUT2D eigenvalue weighted by Crippen LogP contribution is -2.29. The Bertz CT molecular complexity index is 743. The molecule has 0 unspecified atom stereocenters. The molecule has 1 aliphatic heterocycles. The molecule has 0 saturated carbocycles. The molecule has 0 aromatic heterocycles. The molecule has 3 rings (SSSR count). The minimum atomic E-state index is -0.217.